The zero-order chi connectivity index (χ0) is 20.3. The summed E-state index contributed by atoms with van der Waals surface area (Å²) in [7, 11) is 0. The van der Waals surface area contributed by atoms with Crippen molar-refractivity contribution in [2.75, 3.05) is 18.4 Å². The fourth-order valence-corrected chi connectivity index (χ4v) is 2.87. The van der Waals surface area contributed by atoms with E-state index >= 15 is 0 Å². The van der Waals surface area contributed by atoms with Gasteiger partial charge in [-0.15, -0.1) is 0 Å². The minimum absolute atomic E-state index is 0.182. The van der Waals surface area contributed by atoms with Crippen LogP contribution >= 0.6 is 0 Å². The van der Waals surface area contributed by atoms with Crippen LogP contribution < -0.4 is 16.2 Å². The number of benzene rings is 1. The highest BCUT2D eigenvalue weighted by Gasteiger charge is 2.33. The molecule has 1 unspecified atom stereocenters. The van der Waals surface area contributed by atoms with Crippen molar-refractivity contribution < 1.29 is 22.8 Å². The molecule has 0 saturated carbocycles. The van der Waals surface area contributed by atoms with Gasteiger partial charge in [0, 0.05) is 31.0 Å². The molecule has 1 aliphatic rings. The second-order valence-corrected chi connectivity index (χ2v) is 6.33. The molecule has 3 rings (SSSR count). The van der Waals surface area contributed by atoms with E-state index in [2.05, 4.69) is 10.6 Å². The lowest BCUT2D eigenvalue weighted by molar-refractivity contribution is -0.137. The minimum atomic E-state index is -4.68. The third-order valence-electron chi connectivity index (χ3n) is 4.31. The van der Waals surface area contributed by atoms with Gasteiger partial charge >= 0.3 is 12.2 Å². The van der Waals surface area contributed by atoms with Gasteiger partial charge in [-0.3, -0.25) is 9.59 Å². The van der Waals surface area contributed by atoms with Crippen molar-refractivity contribution in [1.82, 2.24) is 15.2 Å². The molecule has 7 nitrogen and oxygen atoms in total. The van der Waals surface area contributed by atoms with Crippen molar-refractivity contribution in [2.45, 2.75) is 18.6 Å². The number of carbonyl (C=O) groups excluding carboxylic acids is 2. The Labute approximate surface area is 157 Å². The fourth-order valence-electron chi connectivity index (χ4n) is 2.87. The topological polar surface area (TPSA) is 94.3 Å². The molecule has 0 spiro atoms. The molecular weight excluding hydrogens is 377 g/mol. The van der Waals surface area contributed by atoms with Crippen LogP contribution in [-0.2, 0) is 6.18 Å². The van der Waals surface area contributed by atoms with Crippen LogP contribution in [0.5, 0.6) is 0 Å². The van der Waals surface area contributed by atoms with Crippen LogP contribution in [0.15, 0.2) is 47.4 Å². The maximum atomic E-state index is 12.8. The van der Waals surface area contributed by atoms with Crippen molar-refractivity contribution in [3.63, 3.8) is 0 Å². The zero-order valence-electron chi connectivity index (χ0n) is 14.5. The van der Waals surface area contributed by atoms with E-state index in [1.807, 2.05) is 11.1 Å². The number of alkyl halides is 3. The molecule has 2 heterocycles. The Bertz CT molecular complexity index is 928. The molecule has 28 heavy (non-hydrogen) atoms. The number of anilines is 1. The first kappa shape index (κ1) is 19.5. The SMILES string of the molecule is O=C(NC1CCN(C(=O)Nc2ccccc2)C1)c1cc(C(F)(F)F)c[nH]c1=O. The van der Waals surface area contributed by atoms with Crippen LogP contribution in [0.4, 0.5) is 23.7 Å². The second kappa shape index (κ2) is 7.75. The lowest BCUT2D eigenvalue weighted by Crippen LogP contribution is -2.41. The first-order chi connectivity index (χ1) is 13.2. The number of carbonyl (C=O) groups is 2. The molecule has 0 aliphatic carbocycles. The quantitative estimate of drug-likeness (QED) is 0.746. The van der Waals surface area contributed by atoms with E-state index in [-0.39, 0.29) is 12.6 Å². The van der Waals surface area contributed by atoms with Crippen molar-refractivity contribution in [2.24, 2.45) is 0 Å². The maximum Gasteiger partial charge on any atom is 0.417 e. The number of amides is 3. The smallest absolute Gasteiger partial charge is 0.347 e. The number of pyridine rings is 1. The van der Waals surface area contributed by atoms with Gasteiger partial charge in [0.2, 0.25) is 0 Å². The van der Waals surface area contributed by atoms with Crippen LogP contribution in [0.1, 0.15) is 22.3 Å². The summed E-state index contributed by atoms with van der Waals surface area (Å²) in [5.41, 5.74) is -2.03. The summed E-state index contributed by atoms with van der Waals surface area (Å²) in [5, 5.41) is 5.23. The second-order valence-electron chi connectivity index (χ2n) is 6.33. The lowest BCUT2D eigenvalue weighted by Gasteiger charge is -2.18. The molecule has 1 aromatic carbocycles. The van der Waals surface area contributed by atoms with Gasteiger partial charge in [0.05, 0.1) is 5.56 Å². The number of aromatic nitrogens is 1. The molecule has 3 N–H and O–H groups in total. The first-order valence-corrected chi connectivity index (χ1v) is 8.46. The van der Waals surface area contributed by atoms with Gasteiger partial charge in [-0.25, -0.2) is 4.79 Å². The molecule has 2 aromatic rings. The third kappa shape index (κ3) is 4.51. The van der Waals surface area contributed by atoms with E-state index < -0.39 is 34.8 Å². The van der Waals surface area contributed by atoms with Gasteiger partial charge in [0.25, 0.3) is 11.5 Å². The van der Waals surface area contributed by atoms with E-state index in [1.54, 1.807) is 24.3 Å². The number of halogens is 3. The van der Waals surface area contributed by atoms with Gasteiger partial charge < -0.3 is 20.5 Å². The Kier molecular flexibility index (Phi) is 5.39. The number of likely N-dealkylation sites (tertiary alicyclic amines) is 1. The zero-order valence-corrected chi connectivity index (χ0v) is 14.5. The Morgan fingerprint density at radius 2 is 1.89 bits per heavy atom. The van der Waals surface area contributed by atoms with Crippen LogP contribution in [0.25, 0.3) is 0 Å². The number of urea groups is 1. The summed E-state index contributed by atoms with van der Waals surface area (Å²) in [6.07, 6.45) is -3.74. The average molecular weight is 394 g/mol. The van der Waals surface area contributed by atoms with Gasteiger partial charge in [-0.2, -0.15) is 13.2 Å². The highest BCUT2D eigenvalue weighted by atomic mass is 19.4. The molecule has 0 radical (unpaired) electrons. The molecule has 10 heteroatoms. The van der Waals surface area contributed by atoms with Crippen LogP contribution in [-0.4, -0.2) is 41.0 Å². The third-order valence-corrected chi connectivity index (χ3v) is 4.31. The average Bonchev–Trinajstić information content (AvgIpc) is 3.10. The van der Waals surface area contributed by atoms with Crippen LogP contribution in [0.3, 0.4) is 0 Å². The summed E-state index contributed by atoms with van der Waals surface area (Å²) < 4.78 is 38.3. The minimum Gasteiger partial charge on any atom is -0.347 e. The number of hydrogen-bond donors (Lipinski definition) is 3. The number of aromatic amines is 1. The number of nitrogens with zero attached hydrogens (tertiary/aromatic N) is 1. The van der Waals surface area contributed by atoms with Gasteiger partial charge in [0.1, 0.15) is 5.56 Å². The summed E-state index contributed by atoms with van der Waals surface area (Å²) in [5.74, 6) is -0.914. The van der Waals surface area contributed by atoms with Crippen LogP contribution in [0.2, 0.25) is 0 Å². The Hall–Kier alpha value is -3.30. The molecule has 0 bridgehead atoms. The van der Waals surface area contributed by atoms with Crippen molar-refractivity contribution >= 4 is 17.6 Å². The Morgan fingerprint density at radius 1 is 1.18 bits per heavy atom. The van der Waals surface area contributed by atoms with Crippen LogP contribution in [0, 0.1) is 0 Å². The molecule has 3 amide bonds. The van der Waals surface area contributed by atoms with Crippen molar-refractivity contribution in [3.05, 3.63) is 64.1 Å². The number of hydrogen-bond acceptors (Lipinski definition) is 3. The Balaban J connectivity index is 1.62. The van der Waals surface area contributed by atoms with E-state index in [4.69, 9.17) is 0 Å². The molecule has 1 aromatic heterocycles. The summed E-state index contributed by atoms with van der Waals surface area (Å²) >= 11 is 0. The highest BCUT2D eigenvalue weighted by molar-refractivity contribution is 5.94. The number of nitrogens with one attached hydrogen (secondary N) is 3. The predicted octanol–water partition coefficient (Wildman–Crippen LogP) is 2.43. The molecule has 1 atom stereocenters. The molecule has 148 valence electrons. The summed E-state index contributed by atoms with van der Waals surface area (Å²) in [6, 6.07) is 8.52. The van der Waals surface area contributed by atoms with Gasteiger partial charge in [-0.05, 0) is 24.6 Å². The van der Waals surface area contributed by atoms with Crippen molar-refractivity contribution in [3.8, 4) is 0 Å². The molecule has 1 aliphatic heterocycles. The van der Waals surface area contributed by atoms with Crippen molar-refractivity contribution in [1.29, 1.82) is 0 Å². The standard InChI is InChI=1S/C18H17F3N4O3/c19-18(20,21)11-8-14(15(26)22-9-11)16(27)23-13-6-7-25(10-13)17(28)24-12-4-2-1-3-5-12/h1-5,8-9,13H,6-7,10H2,(H,22,26)(H,23,27)(H,24,28). The molecule has 1 saturated heterocycles. The summed E-state index contributed by atoms with van der Waals surface area (Å²) in [6.45, 7) is 0.545. The molecule has 1 fully saturated rings. The van der Waals surface area contributed by atoms with Gasteiger partial charge in [-0.1, -0.05) is 18.2 Å². The number of H-pyrrole nitrogens is 1. The summed E-state index contributed by atoms with van der Waals surface area (Å²) in [4.78, 5) is 39.6. The molecular formula is C18H17F3N4O3. The van der Waals surface area contributed by atoms with E-state index in [9.17, 15) is 27.6 Å². The van der Waals surface area contributed by atoms with Gasteiger partial charge in [0.15, 0.2) is 0 Å². The first-order valence-electron chi connectivity index (χ1n) is 8.46. The number of rotatable bonds is 3. The normalized spacial score (nSPS) is 16.7. The largest absolute Gasteiger partial charge is 0.417 e. The number of para-hydroxylation sites is 1. The monoisotopic (exact) mass is 394 g/mol. The van der Waals surface area contributed by atoms with E-state index in [1.165, 1.54) is 4.90 Å². The predicted molar refractivity (Wildman–Crippen MR) is 95.0 cm³/mol. The Morgan fingerprint density at radius 3 is 2.57 bits per heavy atom. The van der Waals surface area contributed by atoms with E-state index in [0.29, 0.717) is 30.9 Å². The van der Waals surface area contributed by atoms with E-state index in [0.717, 1.165) is 0 Å². The maximum absolute atomic E-state index is 12.8. The highest BCUT2D eigenvalue weighted by Crippen LogP contribution is 2.28. The lowest BCUT2D eigenvalue weighted by atomic mass is 10.1. The fraction of sp³-hybridized carbons (Fsp3) is 0.278.